The first-order chi connectivity index (χ1) is 14.0. The minimum Gasteiger partial charge on any atom is -0.483 e. The Labute approximate surface area is 178 Å². The molecule has 0 unspecified atom stereocenters. The fourth-order valence-electron chi connectivity index (χ4n) is 3.37. The van der Waals surface area contributed by atoms with Crippen LogP contribution in [0.3, 0.4) is 0 Å². The van der Waals surface area contributed by atoms with E-state index in [0.717, 1.165) is 45.0 Å². The van der Waals surface area contributed by atoms with E-state index < -0.39 is 0 Å². The van der Waals surface area contributed by atoms with Crippen LogP contribution in [0.15, 0.2) is 29.6 Å². The van der Waals surface area contributed by atoms with Gasteiger partial charge >= 0.3 is 0 Å². The van der Waals surface area contributed by atoms with Crippen LogP contribution in [0.5, 0.6) is 5.75 Å². The van der Waals surface area contributed by atoms with Gasteiger partial charge < -0.3 is 14.5 Å². The molecular weight excluding hydrogens is 404 g/mol. The number of carbonyl (C=O) groups is 1. The van der Waals surface area contributed by atoms with Crippen LogP contribution < -0.4 is 9.64 Å². The second-order valence-corrected chi connectivity index (χ2v) is 9.13. The van der Waals surface area contributed by atoms with E-state index >= 15 is 0 Å². The average molecular weight is 429 g/mol. The Morgan fingerprint density at radius 1 is 1.14 bits per heavy atom. The van der Waals surface area contributed by atoms with Gasteiger partial charge in [0.2, 0.25) is 5.13 Å². The molecule has 1 aliphatic rings. The SMILES string of the molecule is Cc1cc(C)c(C)c(OCC(=O)N2CCN(c3nnc(-c4cccs4)s3)CC2)c1. The molecule has 0 bridgehead atoms. The molecule has 1 fully saturated rings. The number of hydrogen-bond donors (Lipinski definition) is 0. The maximum Gasteiger partial charge on any atom is 0.260 e. The van der Waals surface area contributed by atoms with Crippen LogP contribution in [-0.4, -0.2) is 53.8 Å². The van der Waals surface area contributed by atoms with Gasteiger partial charge in [-0.05, 0) is 55.0 Å². The van der Waals surface area contributed by atoms with E-state index in [1.54, 1.807) is 22.7 Å². The smallest absolute Gasteiger partial charge is 0.260 e. The van der Waals surface area contributed by atoms with Gasteiger partial charge in [-0.3, -0.25) is 4.79 Å². The van der Waals surface area contributed by atoms with E-state index in [0.29, 0.717) is 13.1 Å². The van der Waals surface area contributed by atoms with Gasteiger partial charge in [-0.1, -0.05) is 23.5 Å². The molecule has 4 rings (SSSR count). The molecule has 3 heterocycles. The molecule has 29 heavy (non-hydrogen) atoms. The Bertz CT molecular complexity index is 992. The summed E-state index contributed by atoms with van der Waals surface area (Å²) in [4.78, 5) is 17.8. The van der Waals surface area contributed by atoms with Gasteiger partial charge in [-0.15, -0.1) is 21.5 Å². The molecule has 0 spiro atoms. The van der Waals surface area contributed by atoms with Crippen LogP contribution in [0, 0.1) is 20.8 Å². The minimum atomic E-state index is 0.0275. The molecule has 1 saturated heterocycles. The van der Waals surface area contributed by atoms with E-state index in [4.69, 9.17) is 4.74 Å². The van der Waals surface area contributed by atoms with E-state index in [1.165, 1.54) is 5.56 Å². The standard InChI is InChI=1S/C21H24N4O2S2/c1-14-11-15(2)16(3)17(12-14)27-13-19(26)24-6-8-25(9-7-24)21-23-22-20(29-21)18-5-4-10-28-18/h4-5,10-12H,6-9,13H2,1-3H3. The number of aryl methyl sites for hydroxylation is 2. The third-order valence-corrected chi connectivity index (χ3v) is 7.19. The number of piperazine rings is 1. The van der Waals surface area contributed by atoms with Gasteiger partial charge in [-0.2, -0.15) is 0 Å². The minimum absolute atomic E-state index is 0.0275. The highest BCUT2D eigenvalue weighted by molar-refractivity contribution is 7.22. The third kappa shape index (κ3) is 4.43. The van der Waals surface area contributed by atoms with Crippen LogP contribution in [0.25, 0.3) is 9.88 Å². The maximum absolute atomic E-state index is 12.6. The summed E-state index contributed by atoms with van der Waals surface area (Å²) in [6.07, 6.45) is 0. The summed E-state index contributed by atoms with van der Waals surface area (Å²) < 4.78 is 5.85. The van der Waals surface area contributed by atoms with E-state index in [9.17, 15) is 4.79 Å². The lowest BCUT2D eigenvalue weighted by atomic mass is 10.1. The van der Waals surface area contributed by atoms with E-state index in [-0.39, 0.29) is 12.5 Å². The zero-order chi connectivity index (χ0) is 20.4. The van der Waals surface area contributed by atoms with Crippen LogP contribution in [-0.2, 0) is 4.79 Å². The summed E-state index contributed by atoms with van der Waals surface area (Å²) in [7, 11) is 0. The summed E-state index contributed by atoms with van der Waals surface area (Å²) in [5.74, 6) is 0.823. The van der Waals surface area contributed by atoms with Crippen molar-refractivity contribution in [2.45, 2.75) is 20.8 Å². The Balaban J connectivity index is 1.31. The third-order valence-electron chi connectivity index (χ3n) is 5.16. The molecule has 0 aliphatic carbocycles. The number of hydrogen-bond acceptors (Lipinski definition) is 7. The quantitative estimate of drug-likeness (QED) is 0.616. The molecule has 152 valence electrons. The van der Waals surface area contributed by atoms with Crippen molar-refractivity contribution in [2.75, 3.05) is 37.7 Å². The first kappa shape index (κ1) is 19.8. The van der Waals surface area contributed by atoms with Crippen LogP contribution in [0.2, 0.25) is 0 Å². The van der Waals surface area contributed by atoms with Gasteiger partial charge in [0, 0.05) is 26.2 Å². The number of rotatable bonds is 5. The second-order valence-electron chi connectivity index (χ2n) is 7.23. The highest BCUT2D eigenvalue weighted by atomic mass is 32.1. The van der Waals surface area contributed by atoms with Crippen molar-refractivity contribution in [3.63, 3.8) is 0 Å². The van der Waals surface area contributed by atoms with Gasteiger partial charge in [0.15, 0.2) is 11.6 Å². The van der Waals surface area contributed by atoms with Gasteiger partial charge in [0.05, 0.1) is 4.88 Å². The number of amides is 1. The predicted octanol–water partition coefficient (Wildman–Crippen LogP) is 3.92. The first-order valence-corrected chi connectivity index (χ1v) is 11.3. The topological polar surface area (TPSA) is 58.6 Å². The number of benzene rings is 1. The molecule has 8 heteroatoms. The molecule has 2 aromatic heterocycles. The average Bonchev–Trinajstić information content (AvgIpc) is 3.41. The van der Waals surface area contributed by atoms with Crippen molar-refractivity contribution in [1.29, 1.82) is 0 Å². The number of aromatic nitrogens is 2. The zero-order valence-corrected chi connectivity index (χ0v) is 18.5. The van der Waals surface area contributed by atoms with Crippen molar-refractivity contribution in [2.24, 2.45) is 0 Å². The van der Waals surface area contributed by atoms with Gasteiger partial charge in [0.1, 0.15) is 5.75 Å². The number of anilines is 1. The lowest BCUT2D eigenvalue weighted by molar-refractivity contribution is -0.133. The molecular formula is C21H24N4O2S2. The highest BCUT2D eigenvalue weighted by Crippen LogP contribution is 2.32. The highest BCUT2D eigenvalue weighted by Gasteiger charge is 2.24. The summed E-state index contributed by atoms with van der Waals surface area (Å²) in [5, 5.41) is 12.6. The van der Waals surface area contributed by atoms with Gasteiger partial charge in [-0.25, -0.2) is 0 Å². The summed E-state index contributed by atoms with van der Waals surface area (Å²) in [6, 6.07) is 8.20. The van der Waals surface area contributed by atoms with Crippen molar-refractivity contribution >= 4 is 33.7 Å². The maximum atomic E-state index is 12.6. The normalized spacial score (nSPS) is 14.3. The number of carbonyl (C=O) groups excluding carboxylic acids is 1. The summed E-state index contributed by atoms with van der Waals surface area (Å²) >= 11 is 3.27. The Morgan fingerprint density at radius 3 is 2.66 bits per heavy atom. The van der Waals surface area contributed by atoms with Gasteiger partial charge in [0.25, 0.3) is 5.91 Å². The molecule has 1 amide bonds. The predicted molar refractivity (Wildman–Crippen MR) is 118 cm³/mol. The molecule has 1 aliphatic heterocycles. The molecule has 0 saturated carbocycles. The second kappa shape index (κ2) is 8.51. The number of thiophene rings is 1. The van der Waals surface area contributed by atoms with Crippen LogP contribution >= 0.6 is 22.7 Å². The fraction of sp³-hybridized carbons (Fsp3) is 0.381. The van der Waals surface area contributed by atoms with Crippen molar-refractivity contribution in [1.82, 2.24) is 15.1 Å². The Hall–Kier alpha value is -2.45. The lowest BCUT2D eigenvalue weighted by Gasteiger charge is -2.34. The first-order valence-electron chi connectivity index (χ1n) is 9.62. The van der Waals surface area contributed by atoms with E-state index in [1.807, 2.05) is 36.3 Å². The lowest BCUT2D eigenvalue weighted by Crippen LogP contribution is -2.50. The molecule has 3 aromatic rings. The summed E-state index contributed by atoms with van der Waals surface area (Å²) in [6.45, 7) is 9.06. The number of nitrogens with zero attached hydrogens (tertiary/aromatic N) is 4. The summed E-state index contributed by atoms with van der Waals surface area (Å²) in [5.41, 5.74) is 3.41. The fourth-order valence-corrected chi connectivity index (χ4v) is 5.06. The van der Waals surface area contributed by atoms with Crippen molar-refractivity contribution < 1.29 is 9.53 Å². The molecule has 0 N–H and O–H groups in total. The molecule has 6 nitrogen and oxygen atoms in total. The molecule has 0 radical (unpaired) electrons. The Morgan fingerprint density at radius 2 is 1.93 bits per heavy atom. The monoisotopic (exact) mass is 428 g/mol. The van der Waals surface area contributed by atoms with E-state index in [2.05, 4.69) is 34.2 Å². The zero-order valence-electron chi connectivity index (χ0n) is 16.8. The number of ether oxygens (including phenoxy) is 1. The molecule has 0 atom stereocenters. The van der Waals surface area contributed by atoms with Crippen LogP contribution in [0.4, 0.5) is 5.13 Å². The Kier molecular flexibility index (Phi) is 5.82. The van der Waals surface area contributed by atoms with Crippen molar-refractivity contribution in [3.8, 4) is 15.6 Å². The largest absolute Gasteiger partial charge is 0.483 e. The molecule has 1 aromatic carbocycles. The van der Waals surface area contributed by atoms with Crippen molar-refractivity contribution in [3.05, 3.63) is 46.3 Å². The van der Waals surface area contributed by atoms with Crippen LogP contribution in [0.1, 0.15) is 16.7 Å².